The number of fused-ring (bicyclic) bond motifs is 1. The summed E-state index contributed by atoms with van der Waals surface area (Å²) in [5, 5.41) is 2.16. The normalized spacial score (nSPS) is 19.8. The summed E-state index contributed by atoms with van der Waals surface area (Å²) in [7, 11) is 0. The minimum Gasteiger partial charge on any atom is -0.335 e. The molecule has 0 aliphatic carbocycles. The van der Waals surface area contributed by atoms with Gasteiger partial charge in [-0.1, -0.05) is 27.7 Å². The highest BCUT2D eigenvalue weighted by atomic mass is 32.1. The maximum absolute atomic E-state index is 12.4. The lowest BCUT2D eigenvalue weighted by molar-refractivity contribution is -0.136. The van der Waals surface area contributed by atoms with E-state index in [1.54, 1.807) is 0 Å². The van der Waals surface area contributed by atoms with Crippen LogP contribution in [-0.4, -0.2) is 17.4 Å². The predicted molar refractivity (Wildman–Crippen MR) is 76.8 cm³/mol. The van der Waals surface area contributed by atoms with E-state index in [-0.39, 0.29) is 5.41 Å². The number of hydrogen-bond acceptors (Lipinski definition) is 2. The van der Waals surface area contributed by atoms with Crippen LogP contribution >= 0.6 is 11.3 Å². The molecule has 1 aliphatic heterocycles. The molecule has 0 bridgehead atoms. The third-order valence-electron chi connectivity index (χ3n) is 3.48. The summed E-state index contributed by atoms with van der Waals surface area (Å²) in [5.41, 5.74) is 1.46. The van der Waals surface area contributed by atoms with Gasteiger partial charge in [0.1, 0.15) is 0 Å². The van der Waals surface area contributed by atoms with Crippen molar-refractivity contribution in [2.24, 2.45) is 5.41 Å². The van der Waals surface area contributed by atoms with Gasteiger partial charge >= 0.3 is 0 Å². The quantitative estimate of drug-likeness (QED) is 0.791. The van der Waals surface area contributed by atoms with Crippen LogP contribution in [0.3, 0.4) is 0 Å². The maximum atomic E-state index is 12.4. The van der Waals surface area contributed by atoms with Gasteiger partial charge in [0, 0.05) is 17.8 Å². The minimum atomic E-state index is 0.0737. The van der Waals surface area contributed by atoms with E-state index < -0.39 is 0 Å². The summed E-state index contributed by atoms with van der Waals surface area (Å²) in [6.45, 7) is 9.46. The van der Waals surface area contributed by atoms with Gasteiger partial charge in [-0.15, -0.1) is 11.3 Å². The lowest BCUT2D eigenvalue weighted by atomic mass is 9.90. The molecule has 18 heavy (non-hydrogen) atoms. The Bertz CT molecular complexity index is 430. The molecule has 0 fully saturated rings. The number of carbonyl (C=O) groups excluding carboxylic acids is 1. The minimum absolute atomic E-state index is 0.0737. The summed E-state index contributed by atoms with van der Waals surface area (Å²) in [6.07, 6.45) is 2.68. The Morgan fingerprint density at radius 1 is 1.50 bits per heavy atom. The number of carbonyl (C=O) groups is 1. The third-order valence-corrected chi connectivity index (χ3v) is 4.48. The van der Waals surface area contributed by atoms with Gasteiger partial charge in [-0.25, -0.2) is 0 Å². The zero-order valence-corrected chi connectivity index (χ0v) is 12.6. The molecule has 1 unspecified atom stereocenters. The molecular weight excluding hydrogens is 242 g/mol. The average Bonchev–Trinajstić information content (AvgIpc) is 2.72. The van der Waals surface area contributed by atoms with Gasteiger partial charge < -0.3 is 4.90 Å². The topological polar surface area (TPSA) is 20.3 Å². The van der Waals surface area contributed by atoms with Gasteiger partial charge in [0.15, 0.2) is 0 Å². The van der Waals surface area contributed by atoms with Gasteiger partial charge in [-0.05, 0) is 35.3 Å². The van der Waals surface area contributed by atoms with Crippen molar-refractivity contribution in [1.29, 1.82) is 0 Å². The first-order valence-electron chi connectivity index (χ1n) is 6.78. The number of hydrogen-bond donors (Lipinski definition) is 0. The molecule has 0 N–H and O–H groups in total. The second-order valence-electron chi connectivity index (χ2n) is 6.30. The lowest BCUT2D eigenvalue weighted by Crippen LogP contribution is -2.40. The van der Waals surface area contributed by atoms with Crippen molar-refractivity contribution in [3.8, 4) is 0 Å². The molecule has 2 nitrogen and oxygen atoms in total. The number of amides is 1. The van der Waals surface area contributed by atoms with Crippen LogP contribution in [0, 0.1) is 5.41 Å². The summed E-state index contributed by atoms with van der Waals surface area (Å²) in [4.78, 5) is 16.0. The second kappa shape index (κ2) is 5.04. The van der Waals surface area contributed by atoms with E-state index in [1.807, 2.05) is 11.3 Å². The van der Waals surface area contributed by atoms with Crippen LogP contribution in [-0.2, 0) is 11.2 Å². The molecule has 0 radical (unpaired) electrons. The van der Waals surface area contributed by atoms with E-state index in [1.165, 1.54) is 10.4 Å². The van der Waals surface area contributed by atoms with E-state index in [0.717, 1.165) is 19.4 Å². The van der Waals surface area contributed by atoms with Gasteiger partial charge in [-0.3, -0.25) is 4.79 Å². The molecule has 100 valence electrons. The van der Waals surface area contributed by atoms with Crippen LogP contribution in [0.15, 0.2) is 11.4 Å². The fourth-order valence-corrected chi connectivity index (χ4v) is 3.62. The molecule has 1 aromatic heterocycles. The highest BCUT2D eigenvalue weighted by molar-refractivity contribution is 7.10. The molecular formula is C15H23NOS. The van der Waals surface area contributed by atoms with Gasteiger partial charge in [0.2, 0.25) is 5.91 Å². The Kier molecular flexibility index (Phi) is 3.81. The van der Waals surface area contributed by atoms with E-state index >= 15 is 0 Å². The standard InChI is InChI=1S/C15H23NOS/c1-5-12-11-7-9-18-13(11)6-8-16(12)14(17)10-15(2,3)4/h7,9,12H,5-6,8,10H2,1-4H3. The number of thiophene rings is 1. The summed E-state index contributed by atoms with van der Waals surface area (Å²) in [6, 6.07) is 2.50. The fourth-order valence-electron chi connectivity index (χ4n) is 2.69. The summed E-state index contributed by atoms with van der Waals surface area (Å²) in [5.74, 6) is 0.311. The van der Waals surface area contributed by atoms with Gasteiger partial charge in [0.05, 0.1) is 6.04 Å². The van der Waals surface area contributed by atoms with Crippen LogP contribution in [0.2, 0.25) is 0 Å². The largest absolute Gasteiger partial charge is 0.335 e. The average molecular weight is 265 g/mol. The SMILES string of the molecule is CCC1c2ccsc2CCN1C(=O)CC(C)(C)C. The Morgan fingerprint density at radius 3 is 2.83 bits per heavy atom. The lowest BCUT2D eigenvalue weighted by Gasteiger charge is -2.37. The van der Waals surface area contributed by atoms with E-state index in [2.05, 4.69) is 44.0 Å². The molecule has 0 spiro atoms. The Hall–Kier alpha value is -0.830. The van der Waals surface area contributed by atoms with E-state index in [4.69, 9.17) is 0 Å². The molecule has 0 aromatic carbocycles. The molecule has 0 saturated heterocycles. The zero-order valence-electron chi connectivity index (χ0n) is 11.8. The highest BCUT2D eigenvalue weighted by Crippen LogP contribution is 2.36. The molecule has 0 saturated carbocycles. The van der Waals surface area contributed by atoms with Crippen molar-refractivity contribution in [3.05, 3.63) is 21.9 Å². The number of rotatable bonds is 2. The molecule has 1 atom stereocenters. The third kappa shape index (κ3) is 2.77. The maximum Gasteiger partial charge on any atom is 0.223 e. The predicted octanol–water partition coefficient (Wildman–Crippen LogP) is 4.02. The molecule has 2 heterocycles. The van der Waals surface area contributed by atoms with Crippen molar-refractivity contribution >= 4 is 17.2 Å². The van der Waals surface area contributed by atoms with Crippen LogP contribution < -0.4 is 0 Å². The molecule has 1 aromatic rings. The second-order valence-corrected chi connectivity index (χ2v) is 7.30. The van der Waals surface area contributed by atoms with Crippen LogP contribution in [0.25, 0.3) is 0 Å². The highest BCUT2D eigenvalue weighted by Gasteiger charge is 2.31. The monoisotopic (exact) mass is 265 g/mol. The van der Waals surface area contributed by atoms with Crippen LogP contribution in [0.1, 0.15) is 57.0 Å². The Labute approximate surface area is 114 Å². The molecule has 2 rings (SSSR count). The van der Waals surface area contributed by atoms with Crippen molar-refractivity contribution in [1.82, 2.24) is 4.90 Å². The van der Waals surface area contributed by atoms with Gasteiger partial charge in [0.25, 0.3) is 0 Å². The first kappa shape index (κ1) is 13.6. The smallest absolute Gasteiger partial charge is 0.223 e. The molecule has 1 amide bonds. The van der Waals surface area contributed by atoms with Crippen LogP contribution in [0.5, 0.6) is 0 Å². The molecule has 3 heteroatoms. The molecule has 1 aliphatic rings. The summed E-state index contributed by atoms with van der Waals surface area (Å²) >= 11 is 1.83. The first-order chi connectivity index (χ1) is 8.42. The van der Waals surface area contributed by atoms with Crippen molar-refractivity contribution in [2.45, 2.75) is 53.0 Å². The van der Waals surface area contributed by atoms with Crippen molar-refractivity contribution < 1.29 is 4.79 Å². The van der Waals surface area contributed by atoms with Crippen LogP contribution in [0.4, 0.5) is 0 Å². The van der Waals surface area contributed by atoms with E-state index in [0.29, 0.717) is 18.4 Å². The summed E-state index contributed by atoms with van der Waals surface area (Å²) < 4.78 is 0. The van der Waals surface area contributed by atoms with Crippen molar-refractivity contribution in [3.63, 3.8) is 0 Å². The fraction of sp³-hybridized carbons (Fsp3) is 0.667. The zero-order chi connectivity index (χ0) is 13.3. The van der Waals surface area contributed by atoms with Crippen molar-refractivity contribution in [2.75, 3.05) is 6.54 Å². The van der Waals surface area contributed by atoms with Gasteiger partial charge in [-0.2, -0.15) is 0 Å². The Balaban J connectivity index is 2.17. The van der Waals surface area contributed by atoms with E-state index in [9.17, 15) is 4.79 Å². The number of nitrogens with zero attached hydrogens (tertiary/aromatic N) is 1. The Morgan fingerprint density at radius 2 is 2.22 bits per heavy atom. The first-order valence-corrected chi connectivity index (χ1v) is 7.66.